The smallest absolute Gasteiger partial charge is 0.410 e. The molecule has 744 valence electrons. The van der Waals surface area contributed by atoms with E-state index in [9.17, 15) is 48.3 Å². The number of hydrogen-bond acceptors (Lipinski definition) is 19. The van der Waals surface area contributed by atoms with E-state index in [2.05, 4.69) is 180 Å². The Morgan fingerprint density at radius 1 is 0.387 bits per heavy atom. The maximum atomic E-state index is 14.4. The van der Waals surface area contributed by atoms with Crippen LogP contribution in [0.1, 0.15) is 184 Å². The predicted octanol–water partition coefficient (Wildman–Crippen LogP) is 21.0. The molecule has 6 saturated heterocycles. The van der Waals surface area contributed by atoms with Crippen molar-refractivity contribution in [3.63, 3.8) is 0 Å². The molecule has 0 saturated carbocycles. The highest BCUT2D eigenvalue weighted by Gasteiger charge is 2.44. The Hall–Kier alpha value is -13.9. The molecule has 8 atom stereocenters. The Balaban J connectivity index is 0.000000172. The lowest BCUT2D eigenvalue weighted by atomic mass is 9.92. The first-order valence-corrected chi connectivity index (χ1v) is 51.6. The predicted molar refractivity (Wildman–Crippen MR) is 550 cm³/mol. The molecule has 142 heavy (non-hydrogen) atoms. The number of nitrogens with zero attached hydrogens (tertiary/aromatic N) is 7. The van der Waals surface area contributed by atoms with E-state index < -0.39 is 60.1 Å². The van der Waals surface area contributed by atoms with E-state index in [4.69, 9.17) is 33.7 Å². The molecule has 0 aliphatic carbocycles. The number of carbonyl (C=O) groups is 9. The topological polar surface area (TPSA) is 383 Å². The zero-order valence-electron chi connectivity index (χ0n) is 81.8. The molecule has 30 nitrogen and oxygen atoms in total. The lowest BCUT2D eigenvalue weighted by molar-refractivity contribution is -0.141. The van der Waals surface area contributed by atoms with Crippen molar-refractivity contribution in [2.45, 2.75) is 193 Å². The highest BCUT2D eigenvalue weighted by atomic mass is 32.2. The lowest BCUT2D eigenvalue weighted by Gasteiger charge is -2.34. The van der Waals surface area contributed by atoms with Crippen LogP contribution in [0.4, 0.5) is 24.0 Å². The maximum Gasteiger partial charge on any atom is 0.410 e. The number of ether oxygens (including phenoxy) is 5. The van der Waals surface area contributed by atoms with Crippen molar-refractivity contribution in [2.24, 2.45) is 23.7 Å². The molecule has 0 spiro atoms. The summed E-state index contributed by atoms with van der Waals surface area (Å²) in [5.74, 6) is 4.62. The number of benzene rings is 8. The molecule has 0 radical (unpaired) electrons. The number of hydrogen-bond donors (Lipinski definition) is 9. The second-order valence-corrected chi connectivity index (χ2v) is 41.3. The number of nitrogens with one attached hydrogen (secondary N) is 8. The van der Waals surface area contributed by atoms with Gasteiger partial charge in [0.2, 0.25) is 17.7 Å². The molecule has 9 N–H and O–H groups in total. The average Bonchev–Trinajstić information content (AvgIpc) is 1.42. The van der Waals surface area contributed by atoms with Gasteiger partial charge in [0, 0.05) is 48.7 Å². The van der Waals surface area contributed by atoms with Gasteiger partial charge in [0.25, 0.3) is 0 Å². The summed E-state index contributed by atoms with van der Waals surface area (Å²) in [4.78, 5) is 150. The molecule has 12 aromatic rings. The van der Waals surface area contributed by atoms with Gasteiger partial charge in [-0.15, -0.1) is 0 Å². The fourth-order valence-corrected chi connectivity index (χ4v) is 22.0. The molecule has 8 amide bonds. The zero-order valence-corrected chi connectivity index (χ0v) is 83.4. The van der Waals surface area contributed by atoms with Gasteiger partial charge in [-0.05, 0) is 247 Å². The van der Waals surface area contributed by atoms with Gasteiger partial charge in [-0.2, -0.15) is 23.5 Å². The quantitative estimate of drug-likeness (QED) is 0.0227. The van der Waals surface area contributed by atoms with Crippen LogP contribution in [-0.2, 0) is 56.1 Å². The summed E-state index contributed by atoms with van der Waals surface area (Å²) in [6, 6.07) is 62.2. The SMILES string of the molecule is COC(=O)N[C@H](C(=O)N1CCC[C@H]1c1ncc(-c2ccc3cc(-c4ccc(-c5ccc([C@@H]6CCCN6C(=O)[C@H](NC(=O)OCc6ccccc6)C6CCSCC6)[nH]5)cc4)ccc3c2)[nH]1)C(C)C.COC(=O)N[C@H](C(=O)N1CCC[C@H]1c1ncc(-c2ccc3cc(-c4ccc(-c5cnc([C@@H]6CCCN6C(=O)OC(C)(C)C)[nH]5)cc4)ccc3c2)[nH]1)C(C)C.O=C(N[C@@H](C(=O)O)C1CCSCC1)OCc1ccccc1. The monoisotopic (exact) mass is 1960 g/mol. The lowest BCUT2D eigenvalue weighted by Crippen LogP contribution is -2.53. The van der Waals surface area contributed by atoms with E-state index in [1.807, 2.05) is 166 Å². The average molecular weight is 1960 g/mol. The number of imidazole rings is 3. The number of aliphatic carboxylic acids is 1. The highest BCUT2D eigenvalue weighted by Crippen LogP contribution is 2.42. The molecular weight excluding hydrogens is 1840 g/mol. The molecule has 32 heteroatoms. The third kappa shape index (κ3) is 25.0. The standard InChI is InChI=1S/C53H59N7O6S.C42H49N7O5.C15H19NO4S/c1-33(2)47(57-52(63)65-3)50(61)60-26-8-12-46(60)49-54-31-44(56-49)41-20-19-39-29-38(17-18-40(39)30-41)35-13-15-36(16-14-35)42-21-22-43(55-42)45-11-7-25-59(45)51(62)48(37-23-27-67-28-24-37)58-53(64)66-32-34-9-5-4-6-10-34;1-25(2)36(47-40(51)53-6)39(50)48-19-7-9-34(48)37-44-24-33(46-37)31-18-17-29-21-28(15-16-30(29)22-31)26-11-13-27(14-12-26)32-23-43-38(45-32)35-10-8-20-49(35)41(52)54-42(3,4)5;17-14(18)13(12-6-8-21-9-7-12)16-15(19)20-10-11-4-2-1-3-5-11/h4-6,9-10,13-22,29-31,33,37,45-48,55H,7-8,11-12,23-28,32H2,1-3H3,(H,54,56)(H,57,63)(H,58,64);11-18,21-25,34-36H,7-10,19-20H2,1-6H3,(H,43,45)(H,44,46)(H,47,51);1-5,12-13H,6-10H2,(H,16,19)(H,17,18)/t45-,46-,47-,48+;34-,35-,36-;13-/m001/s1. The van der Waals surface area contributed by atoms with E-state index in [0.29, 0.717) is 26.2 Å². The minimum Gasteiger partial charge on any atom is -0.480 e. The van der Waals surface area contributed by atoms with Gasteiger partial charge in [-0.3, -0.25) is 19.3 Å². The molecule has 4 aromatic heterocycles. The van der Waals surface area contributed by atoms with Crippen LogP contribution in [0.15, 0.2) is 213 Å². The first-order valence-electron chi connectivity index (χ1n) is 49.2. The maximum absolute atomic E-state index is 14.4. The summed E-state index contributed by atoms with van der Waals surface area (Å²) in [5.41, 5.74) is 14.4. The molecule has 0 bridgehead atoms. The molecule has 0 unspecified atom stereocenters. The number of carboxylic acids is 1. The third-order valence-corrected chi connectivity index (χ3v) is 29.5. The van der Waals surface area contributed by atoms with Crippen LogP contribution < -0.4 is 21.3 Å². The van der Waals surface area contributed by atoms with Gasteiger partial charge in [-0.25, -0.2) is 43.7 Å². The van der Waals surface area contributed by atoms with E-state index in [1.165, 1.54) is 14.2 Å². The van der Waals surface area contributed by atoms with Crippen molar-refractivity contribution in [2.75, 3.05) is 63.4 Å². The number of alkyl carbamates (subject to hydrolysis) is 4. The summed E-state index contributed by atoms with van der Waals surface area (Å²) in [7, 11) is 2.59. The number of carboxylic acid groups (broad SMARTS) is 1. The summed E-state index contributed by atoms with van der Waals surface area (Å²) in [6.45, 7) is 16.1. The molecule has 6 aliphatic heterocycles. The minimum atomic E-state index is -0.997. The second-order valence-electron chi connectivity index (χ2n) is 38.8. The summed E-state index contributed by atoms with van der Waals surface area (Å²) >= 11 is 3.71. The Kier molecular flexibility index (Phi) is 33.2. The number of thioether (sulfide) groups is 2. The normalized spacial score (nSPS) is 18.1. The van der Waals surface area contributed by atoms with Crippen LogP contribution in [0.2, 0.25) is 0 Å². The van der Waals surface area contributed by atoms with E-state index in [1.54, 1.807) is 4.90 Å². The van der Waals surface area contributed by atoms with Crippen molar-refractivity contribution >= 4 is 99.2 Å². The van der Waals surface area contributed by atoms with Gasteiger partial charge in [0.1, 0.15) is 60.5 Å². The fourth-order valence-electron chi connectivity index (χ4n) is 19.8. The first-order chi connectivity index (χ1) is 68.7. The molecule has 18 rings (SSSR count). The van der Waals surface area contributed by atoms with E-state index in [0.717, 1.165) is 223 Å². The fraction of sp³-hybridized carbons (Fsp3) is 0.400. The second kappa shape index (κ2) is 46.7. The molecule has 6 fully saturated rings. The van der Waals surface area contributed by atoms with Crippen molar-refractivity contribution in [1.29, 1.82) is 0 Å². The molecule has 8 aromatic carbocycles. The van der Waals surface area contributed by atoms with E-state index >= 15 is 0 Å². The number of H-pyrrole nitrogens is 4. The van der Waals surface area contributed by atoms with Crippen LogP contribution in [0.5, 0.6) is 0 Å². The number of rotatable bonds is 26. The summed E-state index contributed by atoms with van der Waals surface area (Å²) in [5, 5.41) is 24.6. The van der Waals surface area contributed by atoms with Gasteiger partial charge >= 0.3 is 36.4 Å². The Labute approximate surface area is 835 Å². The van der Waals surface area contributed by atoms with Crippen molar-refractivity contribution in [1.82, 2.24) is 75.8 Å². The van der Waals surface area contributed by atoms with Crippen LogP contribution in [-0.4, -0.2) is 207 Å². The van der Waals surface area contributed by atoms with Crippen LogP contribution in [0.25, 0.3) is 88.8 Å². The van der Waals surface area contributed by atoms with Crippen molar-refractivity contribution in [3.05, 3.63) is 247 Å². The van der Waals surface area contributed by atoms with Crippen molar-refractivity contribution < 1.29 is 71.9 Å². The largest absolute Gasteiger partial charge is 0.480 e. The van der Waals surface area contributed by atoms with Crippen molar-refractivity contribution in [3.8, 4) is 67.3 Å². The summed E-state index contributed by atoms with van der Waals surface area (Å²) < 4.78 is 25.9. The number of methoxy groups -OCH3 is 2. The van der Waals surface area contributed by atoms with Gasteiger partial charge < -0.3 is 84.7 Å². The Bertz CT molecular complexity index is 6390. The molecule has 10 heterocycles. The first kappa shape index (κ1) is 101. The number of aromatic amines is 4. The van der Waals surface area contributed by atoms with Crippen LogP contribution in [0, 0.1) is 23.7 Å². The number of fused-ring (bicyclic) bond motifs is 2. The zero-order chi connectivity index (χ0) is 99.7. The summed E-state index contributed by atoms with van der Waals surface area (Å²) in [6.07, 6.45) is 12.9. The van der Waals surface area contributed by atoms with Gasteiger partial charge in [0.15, 0.2) is 0 Å². The highest BCUT2D eigenvalue weighted by molar-refractivity contribution is 7.99. The van der Waals surface area contributed by atoms with Crippen LogP contribution in [0.3, 0.4) is 0 Å². The minimum absolute atomic E-state index is 0.0203. The van der Waals surface area contributed by atoms with E-state index in [-0.39, 0.29) is 84.9 Å². The number of carbonyl (C=O) groups excluding carboxylic acids is 8. The number of amides is 8. The number of likely N-dealkylation sites (tertiary alicyclic amines) is 4. The van der Waals surface area contributed by atoms with Gasteiger partial charge in [-0.1, -0.05) is 185 Å². The number of aromatic nitrogens is 7. The Morgan fingerprint density at radius 3 is 1.15 bits per heavy atom. The molecule has 6 aliphatic rings. The van der Waals surface area contributed by atoms with Crippen LogP contribution >= 0.6 is 23.5 Å². The molecular formula is C110H127N15O15S2. The third-order valence-electron chi connectivity index (χ3n) is 27.4. The Morgan fingerprint density at radius 2 is 0.739 bits per heavy atom. The van der Waals surface area contributed by atoms with Gasteiger partial charge in [0.05, 0.1) is 74.1 Å².